The molecule has 1 aromatic heterocycles. The van der Waals surface area contributed by atoms with Gasteiger partial charge in [0.25, 0.3) is 0 Å². The summed E-state index contributed by atoms with van der Waals surface area (Å²) < 4.78 is 2.06. The topological polar surface area (TPSA) is 33.1 Å². The van der Waals surface area contributed by atoms with Crippen molar-refractivity contribution in [2.75, 3.05) is 19.6 Å². The summed E-state index contributed by atoms with van der Waals surface area (Å²) in [6.45, 7) is 11.6. The van der Waals surface area contributed by atoms with Crippen LogP contribution >= 0.6 is 0 Å². The molecule has 0 radical (unpaired) electrons. The Labute approximate surface area is 128 Å². The number of hydrogen-bond donors (Lipinski definition) is 1. The Morgan fingerprint density at radius 2 is 2.14 bits per heavy atom. The third kappa shape index (κ3) is 3.49. The predicted octanol–water partition coefficient (Wildman–Crippen LogP) is 2.37. The van der Waals surface area contributed by atoms with Gasteiger partial charge < -0.3 is 5.32 Å². The Morgan fingerprint density at radius 3 is 2.76 bits per heavy atom. The third-order valence-electron chi connectivity index (χ3n) is 5.28. The molecule has 1 aliphatic heterocycles. The van der Waals surface area contributed by atoms with Gasteiger partial charge in [-0.2, -0.15) is 5.10 Å². The van der Waals surface area contributed by atoms with E-state index in [0.29, 0.717) is 11.6 Å². The van der Waals surface area contributed by atoms with Crippen molar-refractivity contribution in [3.63, 3.8) is 0 Å². The van der Waals surface area contributed by atoms with Crippen LogP contribution in [0.1, 0.15) is 40.0 Å². The molecule has 0 amide bonds. The first-order valence-corrected chi connectivity index (χ1v) is 8.54. The van der Waals surface area contributed by atoms with Crippen molar-refractivity contribution >= 4 is 0 Å². The van der Waals surface area contributed by atoms with E-state index in [9.17, 15) is 0 Å². The number of rotatable bonds is 6. The largest absolute Gasteiger partial charge is 0.311 e. The van der Waals surface area contributed by atoms with E-state index in [1.165, 1.54) is 25.8 Å². The predicted molar refractivity (Wildman–Crippen MR) is 86.2 cm³/mol. The van der Waals surface area contributed by atoms with Crippen molar-refractivity contribution in [1.82, 2.24) is 20.0 Å². The Hall–Kier alpha value is -0.870. The minimum atomic E-state index is 0.348. The van der Waals surface area contributed by atoms with Crippen LogP contribution in [0.2, 0.25) is 0 Å². The molecule has 2 fully saturated rings. The molecule has 1 saturated heterocycles. The Kier molecular flexibility index (Phi) is 4.36. The molecule has 2 atom stereocenters. The molecule has 4 nitrogen and oxygen atoms in total. The quantitative estimate of drug-likeness (QED) is 0.873. The van der Waals surface area contributed by atoms with Crippen molar-refractivity contribution in [3.8, 4) is 0 Å². The van der Waals surface area contributed by atoms with E-state index in [2.05, 4.69) is 47.0 Å². The van der Waals surface area contributed by atoms with Crippen molar-refractivity contribution in [2.45, 2.75) is 58.2 Å². The van der Waals surface area contributed by atoms with Gasteiger partial charge in [0.15, 0.2) is 0 Å². The van der Waals surface area contributed by atoms with E-state index in [-0.39, 0.29) is 0 Å². The highest BCUT2D eigenvalue weighted by Crippen LogP contribution is 2.44. The summed E-state index contributed by atoms with van der Waals surface area (Å²) in [4.78, 5) is 2.75. The van der Waals surface area contributed by atoms with E-state index >= 15 is 0 Å². The van der Waals surface area contributed by atoms with Gasteiger partial charge in [0.05, 0.1) is 6.54 Å². The van der Waals surface area contributed by atoms with Gasteiger partial charge in [-0.05, 0) is 44.1 Å². The lowest BCUT2D eigenvalue weighted by atomic mass is 9.88. The van der Waals surface area contributed by atoms with Crippen molar-refractivity contribution in [1.29, 1.82) is 0 Å². The molecule has 2 aliphatic rings. The monoisotopic (exact) mass is 290 g/mol. The molecule has 1 aromatic rings. The summed E-state index contributed by atoms with van der Waals surface area (Å²) in [6, 6.07) is 2.66. The summed E-state index contributed by atoms with van der Waals surface area (Å²) in [5.74, 6) is 1.66. The number of aromatic nitrogens is 2. The average molecular weight is 290 g/mol. The zero-order valence-corrected chi connectivity index (χ0v) is 13.8. The van der Waals surface area contributed by atoms with Gasteiger partial charge in [-0.15, -0.1) is 0 Å². The average Bonchev–Trinajstić information content (AvgIpc) is 3.17. The Bertz CT molecular complexity index is 438. The van der Waals surface area contributed by atoms with E-state index in [4.69, 9.17) is 0 Å². The van der Waals surface area contributed by atoms with Gasteiger partial charge in [-0.3, -0.25) is 9.58 Å². The van der Waals surface area contributed by atoms with Gasteiger partial charge in [0.1, 0.15) is 0 Å². The van der Waals surface area contributed by atoms with Gasteiger partial charge in [0.2, 0.25) is 0 Å². The summed E-state index contributed by atoms with van der Waals surface area (Å²) >= 11 is 0. The minimum absolute atomic E-state index is 0.348. The molecule has 21 heavy (non-hydrogen) atoms. The highest BCUT2D eigenvalue weighted by atomic mass is 15.3. The van der Waals surface area contributed by atoms with Crippen molar-refractivity contribution < 1.29 is 0 Å². The Balaban J connectivity index is 1.64. The molecule has 0 bridgehead atoms. The summed E-state index contributed by atoms with van der Waals surface area (Å²) in [6.07, 6.45) is 8.04. The van der Waals surface area contributed by atoms with E-state index in [1.807, 2.05) is 12.3 Å². The lowest BCUT2D eigenvalue weighted by Crippen LogP contribution is -2.65. The maximum Gasteiger partial charge on any atom is 0.0536 e. The number of nitrogens with zero attached hydrogens (tertiary/aromatic N) is 3. The fourth-order valence-corrected chi connectivity index (χ4v) is 3.84. The summed E-state index contributed by atoms with van der Waals surface area (Å²) in [5, 5.41) is 8.17. The number of hydrogen-bond acceptors (Lipinski definition) is 3. The van der Waals surface area contributed by atoms with E-state index in [0.717, 1.165) is 31.5 Å². The molecule has 1 saturated carbocycles. The molecule has 0 aromatic carbocycles. The van der Waals surface area contributed by atoms with Crippen LogP contribution in [-0.2, 0) is 6.54 Å². The highest BCUT2D eigenvalue weighted by Gasteiger charge is 2.47. The molecule has 1 N–H and O–H groups in total. The third-order valence-corrected chi connectivity index (χ3v) is 5.28. The van der Waals surface area contributed by atoms with Crippen LogP contribution in [0.25, 0.3) is 0 Å². The van der Waals surface area contributed by atoms with Crippen molar-refractivity contribution in [2.24, 2.45) is 11.8 Å². The zero-order chi connectivity index (χ0) is 14.9. The van der Waals surface area contributed by atoms with Gasteiger partial charge in [-0.1, -0.05) is 13.8 Å². The van der Waals surface area contributed by atoms with Gasteiger partial charge in [0, 0.05) is 43.6 Å². The lowest BCUT2D eigenvalue weighted by Gasteiger charge is -2.49. The molecule has 4 heteroatoms. The minimum Gasteiger partial charge on any atom is -0.311 e. The number of nitrogens with one attached hydrogen (secondary N) is 1. The second-order valence-electron chi connectivity index (χ2n) is 7.55. The van der Waals surface area contributed by atoms with Crippen LogP contribution < -0.4 is 5.32 Å². The zero-order valence-electron chi connectivity index (χ0n) is 13.8. The molecular weight excluding hydrogens is 260 g/mol. The van der Waals surface area contributed by atoms with Gasteiger partial charge in [-0.25, -0.2) is 0 Å². The van der Waals surface area contributed by atoms with Crippen LogP contribution in [0.15, 0.2) is 18.5 Å². The van der Waals surface area contributed by atoms with Crippen LogP contribution in [0, 0.1) is 11.8 Å². The van der Waals surface area contributed by atoms with Crippen LogP contribution in [0.5, 0.6) is 0 Å². The normalized spacial score (nSPS) is 31.0. The van der Waals surface area contributed by atoms with Crippen molar-refractivity contribution in [3.05, 3.63) is 18.5 Å². The first kappa shape index (κ1) is 15.0. The van der Waals surface area contributed by atoms with Gasteiger partial charge >= 0.3 is 0 Å². The second kappa shape index (κ2) is 6.09. The maximum absolute atomic E-state index is 4.35. The van der Waals surface area contributed by atoms with E-state index in [1.54, 1.807) is 0 Å². The summed E-state index contributed by atoms with van der Waals surface area (Å²) in [5.41, 5.74) is 0.348. The SMILES string of the molecule is CC(C)CC1CN(CCn2cccn2)C(C)(C2CC2)CN1. The fraction of sp³-hybridized carbons (Fsp3) is 0.824. The van der Waals surface area contributed by atoms with Crippen LogP contribution in [-0.4, -0.2) is 45.9 Å². The molecule has 118 valence electrons. The molecule has 0 spiro atoms. The smallest absolute Gasteiger partial charge is 0.0536 e. The standard InChI is InChI=1S/C17H30N4/c1-14(2)11-16-12-20(9-10-21-8-4-7-19-21)17(3,13-18-16)15-5-6-15/h4,7-8,14-16,18H,5-6,9-13H2,1-3H3. The molecule has 2 unspecified atom stereocenters. The van der Waals surface area contributed by atoms with Crippen LogP contribution in [0.4, 0.5) is 0 Å². The highest BCUT2D eigenvalue weighted by molar-refractivity contribution is 5.05. The Morgan fingerprint density at radius 1 is 1.33 bits per heavy atom. The molecule has 2 heterocycles. The first-order chi connectivity index (χ1) is 10.1. The van der Waals surface area contributed by atoms with E-state index < -0.39 is 0 Å². The second-order valence-corrected chi connectivity index (χ2v) is 7.55. The molecule has 1 aliphatic carbocycles. The van der Waals surface area contributed by atoms with Crippen LogP contribution in [0.3, 0.4) is 0 Å². The lowest BCUT2D eigenvalue weighted by molar-refractivity contribution is 0.0273. The molecule has 3 rings (SSSR count). The first-order valence-electron chi connectivity index (χ1n) is 8.54. The number of piperazine rings is 1. The fourth-order valence-electron chi connectivity index (χ4n) is 3.84. The molecular formula is C17H30N4. The maximum atomic E-state index is 4.35. The summed E-state index contributed by atoms with van der Waals surface area (Å²) in [7, 11) is 0.